The maximum atomic E-state index is 12.9. The fraction of sp³-hybridized carbons (Fsp3) is 0.409. The van der Waals surface area contributed by atoms with Gasteiger partial charge >= 0.3 is 5.97 Å². The summed E-state index contributed by atoms with van der Waals surface area (Å²) >= 11 is 0. The van der Waals surface area contributed by atoms with Gasteiger partial charge in [0.2, 0.25) is 7.37 Å². The van der Waals surface area contributed by atoms with Crippen molar-refractivity contribution >= 4 is 13.3 Å². The van der Waals surface area contributed by atoms with Crippen LogP contribution in [0, 0.1) is 0 Å². The Bertz CT molecular complexity index is 936. The number of rotatable bonds is 8. The summed E-state index contributed by atoms with van der Waals surface area (Å²) in [5.41, 5.74) is 8.26. The summed E-state index contributed by atoms with van der Waals surface area (Å²) in [6, 6.07) is 14.8. The highest BCUT2D eigenvalue weighted by Crippen LogP contribution is 2.59. The quantitative estimate of drug-likeness (QED) is 0.373. The van der Waals surface area contributed by atoms with Crippen LogP contribution in [0.2, 0.25) is 0 Å². The summed E-state index contributed by atoms with van der Waals surface area (Å²) in [5.74, 6) is -1.07. The molecule has 7 nitrogen and oxygen atoms in total. The predicted octanol–water partition coefficient (Wildman–Crippen LogP) is 3.10. The fourth-order valence-corrected chi connectivity index (χ4v) is 6.36. The second-order valence-electron chi connectivity index (χ2n) is 7.93. The monoisotopic (exact) mass is 432 g/mol. The Balaban J connectivity index is 1.89. The van der Waals surface area contributed by atoms with Gasteiger partial charge in [-0.15, -0.1) is 0 Å². The van der Waals surface area contributed by atoms with Crippen molar-refractivity contribution in [2.45, 2.75) is 31.0 Å². The van der Waals surface area contributed by atoms with Crippen molar-refractivity contribution in [2.75, 3.05) is 25.8 Å². The summed E-state index contributed by atoms with van der Waals surface area (Å²) in [5, 5.41) is 18.3. The first kappa shape index (κ1) is 22.5. The first-order valence-electron chi connectivity index (χ1n) is 10.1. The van der Waals surface area contributed by atoms with Gasteiger partial charge in [0.05, 0.1) is 0 Å². The maximum Gasteiger partial charge on any atom is 0.320 e. The Morgan fingerprint density at radius 3 is 2.57 bits per heavy atom. The average molecular weight is 432 g/mol. The van der Waals surface area contributed by atoms with Crippen LogP contribution in [-0.4, -0.2) is 56.9 Å². The smallest absolute Gasteiger partial charge is 0.320 e. The van der Waals surface area contributed by atoms with Crippen LogP contribution in [0.5, 0.6) is 5.75 Å². The highest BCUT2D eigenvalue weighted by molar-refractivity contribution is 7.61. The van der Waals surface area contributed by atoms with Crippen LogP contribution in [0.15, 0.2) is 48.5 Å². The number of carboxylic acid groups (broad SMARTS) is 1. The van der Waals surface area contributed by atoms with E-state index in [0.717, 1.165) is 16.7 Å². The topological polar surface area (TPSA) is 124 Å². The lowest BCUT2D eigenvalue weighted by Gasteiger charge is -2.43. The number of nitrogens with two attached hydrogens (primary N) is 1. The van der Waals surface area contributed by atoms with Crippen LogP contribution in [0.25, 0.3) is 11.1 Å². The summed E-state index contributed by atoms with van der Waals surface area (Å²) < 4.78 is 12.9. The molecule has 3 rings (SSSR count). The van der Waals surface area contributed by atoms with Crippen molar-refractivity contribution in [1.82, 2.24) is 4.90 Å². The molecule has 2 atom stereocenters. The van der Waals surface area contributed by atoms with Crippen LogP contribution in [-0.2, 0) is 15.9 Å². The number of nitrogens with zero attached hydrogens (tertiary/aromatic N) is 1. The molecule has 8 heteroatoms. The van der Waals surface area contributed by atoms with E-state index in [4.69, 9.17) is 5.73 Å². The van der Waals surface area contributed by atoms with Crippen LogP contribution >= 0.6 is 7.37 Å². The Labute approximate surface area is 176 Å². The molecule has 1 aliphatic heterocycles. The molecule has 0 spiro atoms. The molecule has 1 heterocycles. The Kier molecular flexibility index (Phi) is 6.98. The number of benzene rings is 2. The molecule has 1 saturated heterocycles. The normalized spacial score (nSPS) is 24.6. The number of carboxylic acids is 1. The van der Waals surface area contributed by atoms with E-state index in [1.165, 1.54) is 0 Å². The molecule has 1 aliphatic rings. The van der Waals surface area contributed by atoms with Gasteiger partial charge in [-0.2, -0.15) is 0 Å². The number of carbonyl (C=O) groups is 1. The third-order valence-corrected chi connectivity index (χ3v) is 8.59. The van der Waals surface area contributed by atoms with Crippen molar-refractivity contribution in [1.29, 1.82) is 0 Å². The molecule has 162 valence electrons. The van der Waals surface area contributed by atoms with Crippen LogP contribution < -0.4 is 5.73 Å². The number of aliphatic carboxylic acids is 1. The van der Waals surface area contributed by atoms with E-state index in [9.17, 15) is 24.5 Å². The van der Waals surface area contributed by atoms with E-state index in [1.807, 2.05) is 41.3 Å². The summed E-state index contributed by atoms with van der Waals surface area (Å²) in [6.45, 7) is 1.20. The highest BCUT2D eigenvalue weighted by atomic mass is 31.2. The Hall–Kier alpha value is -2.18. The minimum Gasteiger partial charge on any atom is -0.508 e. The van der Waals surface area contributed by atoms with Gasteiger partial charge in [0.15, 0.2) is 5.16 Å². The molecule has 0 radical (unpaired) electrons. The first-order valence-corrected chi connectivity index (χ1v) is 12.0. The molecule has 2 aromatic carbocycles. The number of unbranched alkanes of at least 4 members (excludes halogenated alkanes) is 1. The number of aromatic hydroxyl groups is 1. The zero-order valence-electron chi connectivity index (χ0n) is 16.9. The molecule has 0 aromatic heterocycles. The third-order valence-electron chi connectivity index (χ3n) is 5.89. The molecular formula is C22H29N2O5P. The van der Waals surface area contributed by atoms with Crippen molar-refractivity contribution < 1.29 is 24.5 Å². The van der Waals surface area contributed by atoms with Crippen LogP contribution in [0.3, 0.4) is 0 Å². The van der Waals surface area contributed by atoms with E-state index < -0.39 is 18.5 Å². The zero-order valence-corrected chi connectivity index (χ0v) is 17.8. The predicted molar refractivity (Wildman–Crippen MR) is 117 cm³/mol. The van der Waals surface area contributed by atoms with Crippen molar-refractivity contribution in [3.05, 3.63) is 54.1 Å². The molecule has 0 amide bonds. The van der Waals surface area contributed by atoms with E-state index in [2.05, 4.69) is 0 Å². The number of hydrogen-bond donors (Lipinski definition) is 4. The summed E-state index contributed by atoms with van der Waals surface area (Å²) in [7, 11) is -3.87. The molecule has 5 N–H and O–H groups in total. The number of phenolic OH excluding ortho intramolecular Hbond substituents is 1. The van der Waals surface area contributed by atoms with Gasteiger partial charge in [-0.05, 0) is 48.2 Å². The van der Waals surface area contributed by atoms with Gasteiger partial charge in [0, 0.05) is 25.8 Å². The van der Waals surface area contributed by atoms with Gasteiger partial charge in [-0.1, -0.05) is 42.8 Å². The van der Waals surface area contributed by atoms with Crippen LogP contribution in [0.4, 0.5) is 0 Å². The zero-order chi connectivity index (χ0) is 21.8. The van der Waals surface area contributed by atoms with Gasteiger partial charge in [0.1, 0.15) is 5.75 Å². The van der Waals surface area contributed by atoms with Gasteiger partial charge in [0.25, 0.3) is 0 Å². The van der Waals surface area contributed by atoms with Crippen molar-refractivity contribution in [3.8, 4) is 16.9 Å². The molecule has 0 aliphatic carbocycles. The maximum absolute atomic E-state index is 12.9. The van der Waals surface area contributed by atoms with Crippen LogP contribution in [0.1, 0.15) is 24.8 Å². The summed E-state index contributed by atoms with van der Waals surface area (Å²) in [6.07, 6.45) is 1.19. The lowest BCUT2D eigenvalue weighted by molar-refractivity contribution is -0.141. The summed E-state index contributed by atoms with van der Waals surface area (Å²) in [4.78, 5) is 24.7. The number of phenols is 1. The van der Waals surface area contributed by atoms with Gasteiger partial charge in [-0.25, -0.2) is 0 Å². The molecule has 2 unspecified atom stereocenters. The SMILES string of the molecule is NCCCCC1(C(=O)O)CN(Cc2ccc(O)cc2-c2ccccc2)CCP1(=O)O. The first-order chi connectivity index (χ1) is 14.3. The molecule has 2 aromatic rings. The van der Waals surface area contributed by atoms with E-state index in [-0.39, 0.29) is 24.9 Å². The van der Waals surface area contributed by atoms with E-state index in [0.29, 0.717) is 32.5 Å². The highest BCUT2D eigenvalue weighted by Gasteiger charge is 2.56. The molecule has 1 fully saturated rings. The standard InChI is InChI=1S/C22H29N2O5P/c23-11-5-4-10-22(21(26)27)16-24(12-13-30(22,28)29)15-18-8-9-19(25)14-20(18)17-6-2-1-3-7-17/h1-3,6-9,14,25H,4-5,10-13,15-16,23H2,(H,26,27)(H,28,29). The van der Waals surface area contributed by atoms with Gasteiger partial charge in [-0.3, -0.25) is 14.3 Å². The largest absolute Gasteiger partial charge is 0.508 e. The third kappa shape index (κ3) is 4.60. The Morgan fingerprint density at radius 1 is 1.17 bits per heavy atom. The minimum absolute atomic E-state index is 0.00971. The minimum atomic E-state index is -3.87. The lowest BCUT2D eigenvalue weighted by Crippen LogP contribution is -2.53. The van der Waals surface area contributed by atoms with Gasteiger partial charge < -0.3 is 20.8 Å². The second kappa shape index (κ2) is 9.31. The average Bonchev–Trinajstić information content (AvgIpc) is 2.72. The Morgan fingerprint density at radius 2 is 1.90 bits per heavy atom. The number of hydrogen-bond acceptors (Lipinski definition) is 5. The van der Waals surface area contributed by atoms with Crippen molar-refractivity contribution in [3.63, 3.8) is 0 Å². The fourth-order valence-electron chi connectivity index (χ4n) is 4.15. The second-order valence-corrected chi connectivity index (χ2v) is 10.6. The van der Waals surface area contributed by atoms with Crippen molar-refractivity contribution in [2.24, 2.45) is 5.73 Å². The molecular weight excluding hydrogens is 403 g/mol. The molecule has 30 heavy (non-hydrogen) atoms. The molecule has 0 bridgehead atoms. The van der Waals surface area contributed by atoms with E-state index >= 15 is 0 Å². The molecule has 0 saturated carbocycles. The lowest BCUT2D eigenvalue weighted by atomic mass is 9.97. The van der Waals surface area contributed by atoms with E-state index in [1.54, 1.807) is 12.1 Å².